The van der Waals surface area contributed by atoms with Crippen molar-refractivity contribution in [3.05, 3.63) is 55.9 Å². The molecule has 1 heterocycles. The van der Waals surface area contributed by atoms with E-state index < -0.39 is 5.91 Å². The van der Waals surface area contributed by atoms with E-state index in [1.807, 2.05) is 0 Å². The highest BCUT2D eigenvalue weighted by atomic mass is 35.5. The summed E-state index contributed by atoms with van der Waals surface area (Å²) in [6.07, 6.45) is 0. The quantitative estimate of drug-likeness (QED) is 0.899. The topological polar surface area (TPSA) is 84.1 Å². The molecule has 0 aliphatic carbocycles. The van der Waals surface area contributed by atoms with Gasteiger partial charge in [0.15, 0.2) is 0 Å². The molecule has 0 radical (unpaired) electrons. The monoisotopic (exact) mass is 327 g/mol. The lowest BCUT2D eigenvalue weighted by molar-refractivity contribution is 0.0945. The van der Waals surface area contributed by atoms with Crippen molar-refractivity contribution < 1.29 is 9.53 Å². The lowest BCUT2D eigenvalue weighted by Crippen LogP contribution is -2.25. The van der Waals surface area contributed by atoms with E-state index in [2.05, 4.69) is 15.5 Å². The van der Waals surface area contributed by atoms with Gasteiger partial charge in [0.25, 0.3) is 11.5 Å². The van der Waals surface area contributed by atoms with Crippen molar-refractivity contribution in [3.63, 3.8) is 0 Å². The molecule has 0 bridgehead atoms. The molecule has 0 aliphatic heterocycles. The van der Waals surface area contributed by atoms with Gasteiger partial charge in [-0.3, -0.25) is 9.59 Å². The van der Waals surface area contributed by atoms with E-state index in [1.165, 1.54) is 19.2 Å². The number of H-pyrrole nitrogens is 1. The summed E-state index contributed by atoms with van der Waals surface area (Å²) < 4.78 is 5.04. The molecule has 0 atom stereocenters. The average molecular weight is 328 g/mol. The molecule has 1 aromatic carbocycles. The van der Waals surface area contributed by atoms with Crippen LogP contribution in [0.1, 0.15) is 16.1 Å². The molecule has 2 N–H and O–H groups in total. The molecule has 0 saturated carbocycles. The molecule has 1 aromatic heterocycles. The van der Waals surface area contributed by atoms with Crippen LogP contribution in [-0.4, -0.2) is 23.2 Å². The first-order chi connectivity index (χ1) is 10.0. The van der Waals surface area contributed by atoms with Gasteiger partial charge in [0.1, 0.15) is 11.4 Å². The highest BCUT2D eigenvalue weighted by Crippen LogP contribution is 2.30. The normalized spacial score (nSPS) is 10.2. The van der Waals surface area contributed by atoms with Crippen LogP contribution in [0.3, 0.4) is 0 Å². The Bertz CT molecular complexity index is 711. The molecule has 2 rings (SSSR count). The number of aromatic amines is 1. The van der Waals surface area contributed by atoms with E-state index in [0.29, 0.717) is 21.4 Å². The second kappa shape index (κ2) is 6.60. The van der Waals surface area contributed by atoms with E-state index in [1.54, 1.807) is 12.1 Å². The number of rotatable bonds is 4. The maximum absolute atomic E-state index is 11.9. The number of hydrogen-bond acceptors (Lipinski definition) is 4. The van der Waals surface area contributed by atoms with Crippen molar-refractivity contribution >= 4 is 29.1 Å². The van der Waals surface area contributed by atoms with Gasteiger partial charge in [-0.2, -0.15) is 5.10 Å². The SMILES string of the molecule is COc1cc(Cl)c(CNC(=O)c2ccc(=O)[nH]n2)cc1Cl. The third kappa shape index (κ3) is 3.74. The van der Waals surface area contributed by atoms with Crippen LogP contribution in [-0.2, 0) is 6.54 Å². The Morgan fingerprint density at radius 3 is 2.71 bits per heavy atom. The predicted octanol–water partition coefficient (Wildman–Crippen LogP) is 2.02. The smallest absolute Gasteiger partial charge is 0.271 e. The molecule has 8 heteroatoms. The zero-order valence-corrected chi connectivity index (χ0v) is 12.5. The number of halogens is 2. The van der Waals surface area contributed by atoms with E-state index in [0.717, 1.165) is 0 Å². The lowest BCUT2D eigenvalue weighted by Gasteiger charge is -2.09. The van der Waals surface area contributed by atoms with Gasteiger partial charge in [0.2, 0.25) is 0 Å². The van der Waals surface area contributed by atoms with Crippen LogP contribution in [0.4, 0.5) is 0 Å². The predicted molar refractivity (Wildman–Crippen MR) is 79.0 cm³/mol. The van der Waals surface area contributed by atoms with Gasteiger partial charge in [-0.25, -0.2) is 5.10 Å². The largest absolute Gasteiger partial charge is 0.495 e. The Morgan fingerprint density at radius 1 is 1.33 bits per heavy atom. The van der Waals surface area contributed by atoms with E-state index >= 15 is 0 Å². The number of benzene rings is 1. The van der Waals surface area contributed by atoms with Crippen molar-refractivity contribution in [1.29, 1.82) is 0 Å². The van der Waals surface area contributed by atoms with Crippen LogP contribution in [0, 0.1) is 0 Å². The maximum Gasteiger partial charge on any atom is 0.271 e. The van der Waals surface area contributed by atoms with E-state index in [-0.39, 0.29) is 17.8 Å². The highest BCUT2D eigenvalue weighted by Gasteiger charge is 2.11. The van der Waals surface area contributed by atoms with Crippen LogP contribution in [0.5, 0.6) is 5.75 Å². The fraction of sp³-hybridized carbons (Fsp3) is 0.154. The number of carbonyl (C=O) groups is 1. The fourth-order valence-corrected chi connectivity index (χ4v) is 2.08. The standard InChI is InChI=1S/C13H11Cl2N3O3/c1-21-11-5-8(14)7(4-9(11)15)6-16-13(20)10-2-3-12(19)18-17-10/h2-5H,6H2,1H3,(H,16,20)(H,18,19). The van der Waals surface area contributed by atoms with Crippen LogP contribution >= 0.6 is 23.2 Å². The van der Waals surface area contributed by atoms with Crippen molar-refractivity contribution in [3.8, 4) is 5.75 Å². The van der Waals surface area contributed by atoms with E-state index in [4.69, 9.17) is 27.9 Å². The van der Waals surface area contributed by atoms with Crippen LogP contribution < -0.4 is 15.6 Å². The van der Waals surface area contributed by atoms with E-state index in [9.17, 15) is 9.59 Å². The number of amides is 1. The van der Waals surface area contributed by atoms with Gasteiger partial charge < -0.3 is 10.1 Å². The number of carbonyl (C=O) groups excluding carboxylic acids is 1. The summed E-state index contributed by atoms with van der Waals surface area (Å²) in [5, 5.41) is 9.27. The zero-order chi connectivity index (χ0) is 15.4. The first-order valence-corrected chi connectivity index (χ1v) is 6.62. The summed E-state index contributed by atoms with van der Waals surface area (Å²) in [5.41, 5.74) is 0.363. The Labute approximate surface area is 130 Å². The lowest BCUT2D eigenvalue weighted by atomic mass is 10.2. The summed E-state index contributed by atoms with van der Waals surface area (Å²) in [4.78, 5) is 22.7. The molecule has 0 unspecified atom stereocenters. The van der Waals surface area contributed by atoms with Crippen molar-refractivity contribution in [1.82, 2.24) is 15.5 Å². The van der Waals surface area contributed by atoms with Gasteiger partial charge in [-0.15, -0.1) is 0 Å². The third-order valence-electron chi connectivity index (χ3n) is 2.67. The minimum Gasteiger partial charge on any atom is -0.495 e. The van der Waals surface area contributed by atoms with Gasteiger partial charge in [-0.05, 0) is 17.7 Å². The van der Waals surface area contributed by atoms with Crippen molar-refractivity contribution in [2.45, 2.75) is 6.54 Å². The number of aromatic nitrogens is 2. The van der Waals surface area contributed by atoms with Gasteiger partial charge in [0, 0.05) is 23.7 Å². The Kier molecular flexibility index (Phi) is 4.82. The Hall–Kier alpha value is -2.05. The number of methoxy groups -OCH3 is 1. The Balaban J connectivity index is 2.09. The number of ether oxygens (including phenoxy) is 1. The maximum atomic E-state index is 11.9. The van der Waals surface area contributed by atoms with Crippen molar-refractivity contribution in [2.75, 3.05) is 7.11 Å². The summed E-state index contributed by atoms with van der Waals surface area (Å²) in [6, 6.07) is 5.74. The fourth-order valence-electron chi connectivity index (χ4n) is 1.60. The molecule has 0 spiro atoms. The van der Waals surface area contributed by atoms with Gasteiger partial charge in [0.05, 0.1) is 12.1 Å². The third-order valence-corrected chi connectivity index (χ3v) is 3.32. The Morgan fingerprint density at radius 2 is 2.10 bits per heavy atom. The van der Waals surface area contributed by atoms with Crippen LogP contribution in [0.25, 0.3) is 0 Å². The first-order valence-electron chi connectivity index (χ1n) is 5.87. The molecule has 1 amide bonds. The number of nitrogens with zero attached hydrogens (tertiary/aromatic N) is 1. The average Bonchev–Trinajstić information content (AvgIpc) is 2.48. The first kappa shape index (κ1) is 15.3. The summed E-state index contributed by atoms with van der Waals surface area (Å²) in [6.45, 7) is 0.169. The second-order valence-electron chi connectivity index (χ2n) is 4.07. The molecule has 0 fully saturated rings. The summed E-state index contributed by atoms with van der Waals surface area (Å²) in [5.74, 6) is 0.0216. The zero-order valence-electron chi connectivity index (χ0n) is 10.9. The summed E-state index contributed by atoms with van der Waals surface area (Å²) in [7, 11) is 1.49. The summed E-state index contributed by atoms with van der Waals surface area (Å²) >= 11 is 12.1. The highest BCUT2D eigenvalue weighted by molar-refractivity contribution is 6.34. The van der Waals surface area contributed by atoms with Gasteiger partial charge in [-0.1, -0.05) is 23.2 Å². The molecule has 6 nitrogen and oxygen atoms in total. The number of hydrogen-bond donors (Lipinski definition) is 2. The minimum atomic E-state index is -0.436. The minimum absolute atomic E-state index is 0.102. The molecular weight excluding hydrogens is 317 g/mol. The van der Waals surface area contributed by atoms with Crippen LogP contribution in [0.2, 0.25) is 10.0 Å². The molecule has 110 valence electrons. The van der Waals surface area contributed by atoms with Crippen molar-refractivity contribution in [2.24, 2.45) is 0 Å². The molecule has 2 aromatic rings. The molecule has 21 heavy (non-hydrogen) atoms. The molecule has 0 aliphatic rings. The number of nitrogens with one attached hydrogen (secondary N) is 2. The van der Waals surface area contributed by atoms with Gasteiger partial charge >= 0.3 is 0 Å². The molecular formula is C13H11Cl2N3O3. The second-order valence-corrected chi connectivity index (χ2v) is 4.88. The molecule has 0 saturated heterocycles. The van der Waals surface area contributed by atoms with Crippen LogP contribution in [0.15, 0.2) is 29.1 Å².